The molecule has 0 spiro atoms. The maximum atomic E-state index is 9.55. The molecule has 1 unspecified atom stereocenters. The summed E-state index contributed by atoms with van der Waals surface area (Å²) >= 11 is 0. The summed E-state index contributed by atoms with van der Waals surface area (Å²) in [6.07, 6.45) is 2.51. The van der Waals surface area contributed by atoms with Crippen LogP contribution in [0.1, 0.15) is 44.7 Å². The second kappa shape index (κ2) is 9.28. The van der Waals surface area contributed by atoms with E-state index in [1.807, 2.05) is 26.0 Å². The standard InChI is InChI=1S/C28H28N4O2/c1-18(2)33-26-13-11-20(15-22(26)16-29)28-30-27(31-34-28)25-12-10-21(17-32-14-6-7-19(32)3)23-8-4-5-9-24(23)25/h4-5,8-13,15,18-19H,6-7,14,17H2,1-3H3. The molecular formula is C28H28N4O2. The first-order valence-electron chi connectivity index (χ1n) is 11.8. The van der Waals surface area contributed by atoms with Crippen LogP contribution in [0.5, 0.6) is 5.75 Å². The fourth-order valence-corrected chi connectivity index (χ4v) is 4.70. The molecule has 0 amide bonds. The first-order valence-corrected chi connectivity index (χ1v) is 11.8. The van der Waals surface area contributed by atoms with E-state index in [2.05, 4.69) is 58.4 Å². The third kappa shape index (κ3) is 4.27. The predicted octanol–water partition coefficient (Wildman–Crippen LogP) is 6.20. The summed E-state index contributed by atoms with van der Waals surface area (Å²) in [4.78, 5) is 7.22. The van der Waals surface area contributed by atoms with Gasteiger partial charge in [-0.3, -0.25) is 4.90 Å². The zero-order chi connectivity index (χ0) is 23.7. The highest BCUT2D eigenvalue weighted by Crippen LogP contribution is 2.33. The van der Waals surface area contributed by atoms with Gasteiger partial charge in [0.05, 0.1) is 11.7 Å². The van der Waals surface area contributed by atoms with Crippen LogP contribution in [-0.4, -0.2) is 33.7 Å². The van der Waals surface area contributed by atoms with Gasteiger partial charge in [-0.2, -0.15) is 10.2 Å². The fraction of sp³-hybridized carbons (Fsp3) is 0.321. The Morgan fingerprint density at radius 3 is 2.71 bits per heavy atom. The molecule has 1 aromatic heterocycles. The van der Waals surface area contributed by atoms with E-state index in [9.17, 15) is 5.26 Å². The van der Waals surface area contributed by atoms with Gasteiger partial charge >= 0.3 is 0 Å². The Balaban J connectivity index is 1.49. The van der Waals surface area contributed by atoms with Crippen molar-refractivity contribution >= 4 is 10.8 Å². The summed E-state index contributed by atoms with van der Waals surface area (Å²) in [5.74, 6) is 1.46. The van der Waals surface area contributed by atoms with Gasteiger partial charge in [-0.15, -0.1) is 0 Å². The maximum Gasteiger partial charge on any atom is 0.258 e. The van der Waals surface area contributed by atoms with E-state index in [1.54, 1.807) is 12.1 Å². The average Bonchev–Trinajstić information content (AvgIpc) is 3.49. The number of nitriles is 1. The minimum atomic E-state index is -0.0158. The molecule has 2 heterocycles. The van der Waals surface area contributed by atoms with Gasteiger partial charge in [0.25, 0.3) is 5.89 Å². The van der Waals surface area contributed by atoms with Crippen molar-refractivity contribution in [1.29, 1.82) is 5.26 Å². The van der Waals surface area contributed by atoms with Gasteiger partial charge < -0.3 is 9.26 Å². The molecule has 0 radical (unpaired) electrons. The van der Waals surface area contributed by atoms with Crippen LogP contribution in [0.3, 0.4) is 0 Å². The third-order valence-corrected chi connectivity index (χ3v) is 6.45. The fourth-order valence-electron chi connectivity index (χ4n) is 4.70. The van der Waals surface area contributed by atoms with Gasteiger partial charge in [0.1, 0.15) is 11.8 Å². The number of ether oxygens (including phenoxy) is 1. The molecule has 0 bridgehead atoms. The third-order valence-electron chi connectivity index (χ3n) is 6.45. The Morgan fingerprint density at radius 1 is 1.15 bits per heavy atom. The number of hydrogen-bond donors (Lipinski definition) is 0. The van der Waals surface area contributed by atoms with Gasteiger partial charge in [-0.1, -0.05) is 41.6 Å². The lowest BCUT2D eigenvalue weighted by Crippen LogP contribution is -2.26. The van der Waals surface area contributed by atoms with Crippen molar-refractivity contribution in [3.63, 3.8) is 0 Å². The molecule has 34 heavy (non-hydrogen) atoms. The average molecular weight is 453 g/mol. The van der Waals surface area contributed by atoms with Crippen LogP contribution >= 0.6 is 0 Å². The topological polar surface area (TPSA) is 75.2 Å². The molecule has 1 fully saturated rings. The van der Waals surface area contributed by atoms with Crippen LogP contribution in [-0.2, 0) is 6.54 Å². The zero-order valence-electron chi connectivity index (χ0n) is 19.8. The van der Waals surface area contributed by atoms with Crippen molar-refractivity contribution < 1.29 is 9.26 Å². The first-order chi connectivity index (χ1) is 16.5. The number of aromatic nitrogens is 2. The largest absolute Gasteiger partial charge is 0.490 e. The summed E-state index contributed by atoms with van der Waals surface area (Å²) in [6.45, 7) is 8.27. The molecule has 172 valence electrons. The molecule has 1 saturated heterocycles. The Bertz CT molecular complexity index is 1370. The molecule has 0 saturated carbocycles. The molecule has 4 aromatic rings. The smallest absolute Gasteiger partial charge is 0.258 e. The molecule has 3 aromatic carbocycles. The minimum absolute atomic E-state index is 0.0158. The highest BCUT2D eigenvalue weighted by atomic mass is 16.5. The second-order valence-corrected chi connectivity index (χ2v) is 9.19. The van der Waals surface area contributed by atoms with Gasteiger partial charge in [-0.25, -0.2) is 0 Å². The lowest BCUT2D eigenvalue weighted by Gasteiger charge is -2.22. The van der Waals surface area contributed by atoms with E-state index in [1.165, 1.54) is 23.8 Å². The summed E-state index contributed by atoms with van der Waals surface area (Å²) in [5, 5.41) is 16.1. The minimum Gasteiger partial charge on any atom is -0.490 e. The molecule has 6 heteroatoms. The first kappa shape index (κ1) is 22.1. The number of benzene rings is 3. The van der Waals surface area contributed by atoms with Crippen molar-refractivity contribution in [2.45, 2.75) is 52.3 Å². The van der Waals surface area contributed by atoms with Crippen LogP contribution in [0.4, 0.5) is 0 Å². The van der Waals surface area contributed by atoms with Crippen molar-refractivity contribution in [2.75, 3.05) is 6.54 Å². The van der Waals surface area contributed by atoms with Gasteiger partial charge in [0.2, 0.25) is 5.82 Å². The van der Waals surface area contributed by atoms with Gasteiger partial charge in [0, 0.05) is 23.7 Å². The van der Waals surface area contributed by atoms with E-state index < -0.39 is 0 Å². The Hall–Kier alpha value is -3.69. The van der Waals surface area contributed by atoms with Crippen molar-refractivity contribution in [3.05, 3.63) is 65.7 Å². The van der Waals surface area contributed by atoms with Crippen LogP contribution in [0, 0.1) is 11.3 Å². The summed E-state index contributed by atoms with van der Waals surface area (Å²) in [7, 11) is 0. The van der Waals surface area contributed by atoms with E-state index in [-0.39, 0.29) is 6.10 Å². The highest BCUT2D eigenvalue weighted by Gasteiger charge is 2.22. The van der Waals surface area contributed by atoms with Crippen LogP contribution in [0.15, 0.2) is 59.1 Å². The number of likely N-dealkylation sites (tertiary alicyclic amines) is 1. The predicted molar refractivity (Wildman–Crippen MR) is 132 cm³/mol. The number of rotatable bonds is 6. The highest BCUT2D eigenvalue weighted by molar-refractivity contribution is 5.97. The molecule has 5 rings (SSSR count). The second-order valence-electron chi connectivity index (χ2n) is 9.19. The SMILES string of the molecule is CC(C)Oc1ccc(-c2nc(-c3ccc(CN4CCCC4C)c4ccccc34)no2)cc1C#N. The maximum absolute atomic E-state index is 9.55. The van der Waals surface area contributed by atoms with E-state index in [0.717, 1.165) is 24.0 Å². The van der Waals surface area contributed by atoms with Crippen molar-refractivity contribution in [2.24, 2.45) is 0 Å². The number of fused-ring (bicyclic) bond motifs is 1. The van der Waals surface area contributed by atoms with E-state index >= 15 is 0 Å². The van der Waals surface area contributed by atoms with E-state index in [4.69, 9.17) is 9.26 Å². The summed E-state index contributed by atoms with van der Waals surface area (Å²) < 4.78 is 11.3. The Kier molecular flexibility index (Phi) is 6.04. The molecule has 1 aliphatic heterocycles. The number of hydrogen-bond acceptors (Lipinski definition) is 6. The molecule has 0 N–H and O–H groups in total. The van der Waals surface area contributed by atoms with Crippen molar-refractivity contribution in [3.8, 4) is 34.7 Å². The molecule has 6 nitrogen and oxygen atoms in total. The van der Waals surface area contributed by atoms with Crippen LogP contribution < -0.4 is 4.74 Å². The Labute approximate surface area is 199 Å². The van der Waals surface area contributed by atoms with Crippen LogP contribution in [0.2, 0.25) is 0 Å². The molecule has 1 aliphatic rings. The van der Waals surface area contributed by atoms with E-state index in [0.29, 0.717) is 34.6 Å². The number of nitrogens with zero attached hydrogens (tertiary/aromatic N) is 4. The molecule has 0 aliphatic carbocycles. The monoisotopic (exact) mass is 452 g/mol. The quantitative estimate of drug-likeness (QED) is 0.347. The molecule has 1 atom stereocenters. The lowest BCUT2D eigenvalue weighted by molar-refractivity contribution is 0.241. The van der Waals surface area contributed by atoms with Gasteiger partial charge in [-0.05, 0) is 74.7 Å². The zero-order valence-corrected chi connectivity index (χ0v) is 19.8. The summed E-state index contributed by atoms with van der Waals surface area (Å²) in [6, 6.07) is 20.8. The van der Waals surface area contributed by atoms with Crippen molar-refractivity contribution in [1.82, 2.24) is 15.0 Å². The van der Waals surface area contributed by atoms with Gasteiger partial charge in [0.15, 0.2) is 0 Å². The van der Waals surface area contributed by atoms with Crippen LogP contribution in [0.25, 0.3) is 33.6 Å². The molecular weight excluding hydrogens is 424 g/mol. The Morgan fingerprint density at radius 2 is 1.97 bits per heavy atom. The lowest BCUT2D eigenvalue weighted by atomic mass is 9.98. The normalized spacial score (nSPS) is 16.3. The summed E-state index contributed by atoms with van der Waals surface area (Å²) in [5.41, 5.74) is 3.38.